The summed E-state index contributed by atoms with van der Waals surface area (Å²) < 4.78 is 50.0. The van der Waals surface area contributed by atoms with E-state index in [1.54, 1.807) is 4.90 Å². The summed E-state index contributed by atoms with van der Waals surface area (Å²) in [5.41, 5.74) is 6.09. The van der Waals surface area contributed by atoms with Crippen LogP contribution >= 0.6 is 0 Å². The number of primary amides is 1. The molecular weight excluding hydrogens is 391 g/mol. The van der Waals surface area contributed by atoms with E-state index in [9.17, 15) is 18.0 Å². The van der Waals surface area contributed by atoms with E-state index in [0.717, 1.165) is 6.07 Å². The zero-order chi connectivity index (χ0) is 20.5. The molecule has 1 aromatic heterocycles. The molecule has 2 aromatic rings. The molecule has 0 saturated carbocycles. The molecule has 11 heteroatoms. The number of ether oxygens (including phenoxy) is 1. The number of nitrogens with zero attached hydrogens (tertiary/aromatic N) is 4. The fourth-order valence-electron chi connectivity index (χ4n) is 3.65. The minimum Gasteiger partial charge on any atom is -0.415 e. The average molecular weight is 411 g/mol. The quantitative estimate of drug-likeness (QED) is 0.806. The molecule has 0 radical (unpaired) electrons. The monoisotopic (exact) mass is 411 g/mol. The van der Waals surface area contributed by atoms with Crippen molar-refractivity contribution in [2.24, 2.45) is 5.73 Å². The van der Waals surface area contributed by atoms with Crippen molar-refractivity contribution in [3.63, 3.8) is 0 Å². The van der Waals surface area contributed by atoms with Crippen molar-refractivity contribution in [2.75, 3.05) is 32.8 Å². The first-order chi connectivity index (χ1) is 13.9. The smallest absolute Gasteiger partial charge is 0.315 e. The number of halogens is 3. The molecule has 2 amide bonds. The maximum Gasteiger partial charge on any atom is 0.315 e. The molecule has 2 saturated heterocycles. The molecule has 2 fully saturated rings. The number of hydrogen-bond donors (Lipinski definition) is 1. The summed E-state index contributed by atoms with van der Waals surface area (Å²) in [6.45, 7) is 3.03. The minimum absolute atomic E-state index is 0.182. The highest BCUT2D eigenvalue weighted by atomic mass is 19.3. The van der Waals surface area contributed by atoms with E-state index in [1.807, 2.05) is 0 Å². The number of carbonyl (C=O) groups excluding carboxylic acids is 1. The Kier molecular flexibility index (Phi) is 5.41. The second kappa shape index (κ2) is 7.99. The molecule has 2 aliphatic rings. The van der Waals surface area contributed by atoms with Gasteiger partial charge < -0.3 is 19.8 Å². The zero-order valence-electron chi connectivity index (χ0n) is 15.4. The van der Waals surface area contributed by atoms with Gasteiger partial charge >= 0.3 is 12.5 Å². The van der Waals surface area contributed by atoms with Gasteiger partial charge in [-0.15, -0.1) is 10.2 Å². The Morgan fingerprint density at radius 3 is 2.66 bits per heavy atom. The van der Waals surface area contributed by atoms with E-state index in [2.05, 4.69) is 15.1 Å². The van der Waals surface area contributed by atoms with Gasteiger partial charge in [0.2, 0.25) is 5.89 Å². The van der Waals surface area contributed by atoms with Crippen LogP contribution in [0.5, 0.6) is 0 Å². The van der Waals surface area contributed by atoms with Crippen LogP contribution in [0.2, 0.25) is 0 Å². The summed E-state index contributed by atoms with van der Waals surface area (Å²) in [4.78, 5) is 15.6. The van der Waals surface area contributed by atoms with Crippen molar-refractivity contribution in [3.05, 3.63) is 35.5 Å². The second-order valence-electron chi connectivity index (χ2n) is 7.13. The standard InChI is InChI=1S/C18H20F3N5O3/c19-14-6-11(16-23-24-17(29-16)15(20)21)2-1-10(14)5-12-7-25(13-8-28-9-13)3-4-26(12)18(22)27/h1-2,6,12-13,15H,3-5,7-9H2,(H2,22,27). The molecule has 2 N–H and O–H groups in total. The van der Waals surface area contributed by atoms with Gasteiger partial charge in [0.15, 0.2) is 0 Å². The molecule has 1 aromatic carbocycles. The molecule has 0 spiro atoms. The third-order valence-electron chi connectivity index (χ3n) is 5.32. The van der Waals surface area contributed by atoms with Gasteiger partial charge in [-0.1, -0.05) is 6.07 Å². The first kappa shape index (κ1) is 19.6. The Morgan fingerprint density at radius 2 is 2.07 bits per heavy atom. The lowest BCUT2D eigenvalue weighted by atomic mass is 9.99. The molecule has 156 valence electrons. The van der Waals surface area contributed by atoms with Crippen LogP contribution in [-0.2, 0) is 11.2 Å². The normalized spacial score (nSPS) is 20.8. The van der Waals surface area contributed by atoms with E-state index in [0.29, 0.717) is 44.5 Å². The van der Waals surface area contributed by atoms with Crippen LogP contribution < -0.4 is 5.73 Å². The maximum absolute atomic E-state index is 14.7. The summed E-state index contributed by atoms with van der Waals surface area (Å²) in [7, 11) is 0. The number of aromatic nitrogens is 2. The van der Waals surface area contributed by atoms with Gasteiger partial charge in [-0.3, -0.25) is 4.90 Å². The number of amides is 2. The number of alkyl halides is 2. The Labute approximate surface area is 164 Å². The summed E-state index contributed by atoms with van der Waals surface area (Å²) in [6, 6.07) is 3.70. The van der Waals surface area contributed by atoms with Gasteiger partial charge in [0.05, 0.1) is 25.3 Å². The van der Waals surface area contributed by atoms with Crippen molar-refractivity contribution in [1.29, 1.82) is 0 Å². The number of carbonyl (C=O) groups is 1. The number of rotatable bonds is 5. The molecule has 1 unspecified atom stereocenters. The van der Waals surface area contributed by atoms with E-state index in [4.69, 9.17) is 14.9 Å². The highest BCUT2D eigenvalue weighted by molar-refractivity contribution is 5.72. The average Bonchev–Trinajstić information content (AvgIpc) is 3.12. The summed E-state index contributed by atoms with van der Waals surface area (Å²) in [5, 5.41) is 6.77. The SMILES string of the molecule is NC(=O)N1CCN(C2COC2)CC1Cc1ccc(-c2nnc(C(F)F)o2)cc1F. The van der Waals surface area contributed by atoms with E-state index < -0.39 is 24.2 Å². The van der Waals surface area contributed by atoms with Crippen molar-refractivity contribution >= 4 is 6.03 Å². The van der Waals surface area contributed by atoms with E-state index in [-0.39, 0.29) is 23.9 Å². The molecular formula is C18H20F3N5O3. The Bertz CT molecular complexity index is 889. The fourth-order valence-corrected chi connectivity index (χ4v) is 3.65. The van der Waals surface area contributed by atoms with Crippen molar-refractivity contribution in [2.45, 2.75) is 24.9 Å². The summed E-state index contributed by atoms with van der Waals surface area (Å²) in [6.07, 6.45) is -2.62. The molecule has 4 rings (SSSR count). The van der Waals surface area contributed by atoms with Gasteiger partial charge in [0.25, 0.3) is 5.89 Å². The molecule has 8 nitrogen and oxygen atoms in total. The van der Waals surface area contributed by atoms with Crippen LogP contribution in [0.1, 0.15) is 17.9 Å². The number of nitrogens with two attached hydrogens (primary N) is 1. The summed E-state index contributed by atoms with van der Waals surface area (Å²) in [5.74, 6) is -1.55. The predicted molar refractivity (Wildman–Crippen MR) is 94.6 cm³/mol. The first-order valence-electron chi connectivity index (χ1n) is 9.20. The van der Waals surface area contributed by atoms with Gasteiger partial charge in [0, 0.05) is 25.2 Å². The molecule has 0 bridgehead atoms. The predicted octanol–water partition coefficient (Wildman–Crippen LogP) is 1.82. The van der Waals surface area contributed by atoms with Gasteiger partial charge in [-0.25, -0.2) is 9.18 Å². The van der Waals surface area contributed by atoms with Crippen molar-refractivity contribution in [3.8, 4) is 11.5 Å². The van der Waals surface area contributed by atoms with Gasteiger partial charge in [0.1, 0.15) is 5.82 Å². The lowest BCUT2D eigenvalue weighted by Gasteiger charge is -2.46. The molecule has 29 heavy (non-hydrogen) atoms. The Hall–Kier alpha value is -2.66. The fraction of sp³-hybridized carbons (Fsp3) is 0.500. The van der Waals surface area contributed by atoms with Crippen molar-refractivity contribution < 1.29 is 27.1 Å². The lowest BCUT2D eigenvalue weighted by Crippen LogP contribution is -2.62. The highest BCUT2D eigenvalue weighted by Gasteiger charge is 2.35. The van der Waals surface area contributed by atoms with Gasteiger partial charge in [-0.05, 0) is 24.1 Å². The second-order valence-corrected chi connectivity index (χ2v) is 7.13. The number of benzene rings is 1. The third-order valence-corrected chi connectivity index (χ3v) is 5.32. The molecule has 3 heterocycles. The van der Waals surface area contributed by atoms with Crippen LogP contribution in [0.25, 0.3) is 11.5 Å². The van der Waals surface area contributed by atoms with E-state index in [1.165, 1.54) is 12.1 Å². The van der Waals surface area contributed by atoms with Crippen LogP contribution in [0, 0.1) is 5.82 Å². The third kappa shape index (κ3) is 4.06. The Morgan fingerprint density at radius 1 is 1.28 bits per heavy atom. The molecule has 2 aliphatic heterocycles. The number of urea groups is 1. The maximum atomic E-state index is 14.7. The Balaban J connectivity index is 1.51. The van der Waals surface area contributed by atoms with Crippen LogP contribution in [-0.4, -0.2) is 71.0 Å². The van der Waals surface area contributed by atoms with Crippen LogP contribution in [0.3, 0.4) is 0 Å². The minimum atomic E-state index is -2.89. The van der Waals surface area contributed by atoms with Crippen LogP contribution in [0.4, 0.5) is 18.0 Å². The highest BCUT2D eigenvalue weighted by Crippen LogP contribution is 2.26. The summed E-state index contributed by atoms with van der Waals surface area (Å²) >= 11 is 0. The van der Waals surface area contributed by atoms with Gasteiger partial charge in [-0.2, -0.15) is 8.78 Å². The van der Waals surface area contributed by atoms with E-state index >= 15 is 0 Å². The molecule has 1 atom stereocenters. The number of piperazine rings is 1. The van der Waals surface area contributed by atoms with Crippen LogP contribution in [0.15, 0.2) is 22.6 Å². The van der Waals surface area contributed by atoms with Crippen molar-refractivity contribution in [1.82, 2.24) is 20.0 Å². The zero-order valence-corrected chi connectivity index (χ0v) is 15.4. The lowest BCUT2D eigenvalue weighted by molar-refractivity contribution is -0.0813. The largest absolute Gasteiger partial charge is 0.415 e. The molecule has 0 aliphatic carbocycles. The topological polar surface area (TPSA) is 97.7 Å². The first-order valence-corrected chi connectivity index (χ1v) is 9.20. The number of hydrogen-bond acceptors (Lipinski definition) is 6.